The second-order valence-electron chi connectivity index (χ2n) is 6.26. The lowest BCUT2D eigenvalue weighted by Gasteiger charge is -1.97. The molecule has 126 valence electrons. The van der Waals surface area contributed by atoms with Gasteiger partial charge in [0.25, 0.3) is 0 Å². The molecular formula is C21H14N2O3. The Labute approximate surface area is 147 Å². The van der Waals surface area contributed by atoms with Crippen LogP contribution in [0, 0.1) is 0 Å². The van der Waals surface area contributed by atoms with E-state index in [0.717, 1.165) is 21.8 Å². The van der Waals surface area contributed by atoms with Crippen molar-refractivity contribution in [3.05, 3.63) is 70.4 Å². The number of ether oxygens (including phenoxy) is 1. The quantitative estimate of drug-likeness (QED) is 0.450. The van der Waals surface area contributed by atoms with Gasteiger partial charge >= 0.3 is 5.97 Å². The van der Waals surface area contributed by atoms with Gasteiger partial charge in [0.05, 0.1) is 34.5 Å². The van der Waals surface area contributed by atoms with Crippen molar-refractivity contribution in [1.29, 1.82) is 0 Å². The molecule has 5 nitrogen and oxygen atoms in total. The van der Waals surface area contributed by atoms with Crippen molar-refractivity contribution in [2.75, 3.05) is 7.11 Å². The van der Waals surface area contributed by atoms with Crippen LogP contribution < -0.4 is 5.43 Å². The Kier molecular flexibility index (Phi) is 2.94. The number of nitrogens with one attached hydrogen (secondary N) is 2. The monoisotopic (exact) mass is 342 g/mol. The fraction of sp³-hybridized carbons (Fsp3) is 0.0476. The molecule has 0 saturated heterocycles. The summed E-state index contributed by atoms with van der Waals surface area (Å²) < 4.78 is 4.97. The molecule has 0 bridgehead atoms. The van der Waals surface area contributed by atoms with E-state index in [0.29, 0.717) is 27.4 Å². The number of esters is 1. The third-order valence-corrected chi connectivity index (χ3v) is 4.86. The number of methoxy groups -OCH3 is 1. The zero-order valence-corrected chi connectivity index (χ0v) is 13.9. The van der Waals surface area contributed by atoms with Crippen LogP contribution in [0.25, 0.3) is 43.6 Å². The van der Waals surface area contributed by atoms with Crippen molar-refractivity contribution >= 4 is 49.6 Å². The molecule has 0 aliphatic heterocycles. The fourth-order valence-corrected chi connectivity index (χ4v) is 3.71. The Morgan fingerprint density at radius 3 is 2.15 bits per heavy atom. The van der Waals surface area contributed by atoms with E-state index in [1.165, 1.54) is 7.11 Å². The van der Waals surface area contributed by atoms with Crippen LogP contribution in [0.3, 0.4) is 0 Å². The molecule has 5 rings (SSSR count). The maximum atomic E-state index is 13.5. The first kappa shape index (κ1) is 14.7. The van der Waals surface area contributed by atoms with Gasteiger partial charge in [-0.15, -0.1) is 0 Å². The summed E-state index contributed by atoms with van der Waals surface area (Å²) in [6.07, 6.45) is 0. The summed E-state index contributed by atoms with van der Waals surface area (Å²) in [5.74, 6) is -0.489. The second kappa shape index (κ2) is 5.20. The van der Waals surface area contributed by atoms with Crippen molar-refractivity contribution in [2.24, 2.45) is 0 Å². The number of hydrogen-bond donors (Lipinski definition) is 2. The van der Waals surface area contributed by atoms with Gasteiger partial charge in [0, 0.05) is 21.8 Å². The largest absolute Gasteiger partial charge is 0.465 e. The van der Waals surface area contributed by atoms with E-state index < -0.39 is 5.97 Å². The fourth-order valence-electron chi connectivity index (χ4n) is 3.71. The number of aromatic amines is 2. The lowest BCUT2D eigenvalue weighted by atomic mass is 10.1. The first-order valence-corrected chi connectivity index (χ1v) is 8.25. The van der Waals surface area contributed by atoms with Gasteiger partial charge in [0.2, 0.25) is 0 Å². The SMILES string of the molecule is COC(=O)c1cc2[nH]c3ccccc3c2c(=O)c2c1[nH]c1ccccc12. The topological polar surface area (TPSA) is 75.0 Å². The molecule has 5 aromatic rings. The average molecular weight is 342 g/mol. The van der Waals surface area contributed by atoms with E-state index in [9.17, 15) is 9.59 Å². The number of benzene rings is 2. The second-order valence-corrected chi connectivity index (χ2v) is 6.26. The molecule has 5 heteroatoms. The van der Waals surface area contributed by atoms with Gasteiger partial charge in [-0.3, -0.25) is 4.79 Å². The number of rotatable bonds is 1. The number of carbonyl (C=O) groups excluding carboxylic acids is 1. The summed E-state index contributed by atoms with van der Waals surface area (Å²) in [4.78, 5) is 32.4. The minimum atomic E-state index is -0.489. The molecule has 0 amide bonds. The van der Waals surface area contributed by atoms with Gasteiger partial charge in [-0.2, -0.15) is 0 Å². The predicted molar refractivity (Wildman–Crippen MR) is 103 cm³/mol. The molecule has 0 aliphatic rings. The van der Waals surface area contributed by atoms with E-state index >= 15 is 0 Å². The van der Waals surface area contributed by atoms with Crippen LogP contribution in [0.4, 0.5) is 0 Å². The lowest BCUT2D eigenvalue weighted by molar-refractivity contribution is 0.0603. The third-order valence-electron chi connectivity index (χ3n) is 4.86. The van der Waals surface area contributed by atoms with Crippen LogP contribution >= 0.6 is 0 Å². The number of hydrogen-bond acceptors (Lipinski definition) is 3. The van der Waals surface area contributed by atoms with Gasteiger partial charge in [0.1, 0.15) is 0 Å². The van der Waals surface area contributed by atoms with E-state index in [1.807, 2.05) is 48.5 Å². The summed E-state index contributed by atoms with van der Waals surface area (Å²) in [7, 11) is 1.34. The molecule has 0 atom stereocenters. The van der Waals surface area contributed by atoms with Crippen LogP contribution in [0.1, 0.15) is 10.4 Å². The van der Waals surface area contributed by atoms with Crippen molar-refractivity contribution in [3.63, 3.8) is 0 Å². The van der Waals surface area contributed by atoms with E-state index in [4.69, 9.17) is 4.74 Å². The van der Waals surface area contributed by atoms with Crippen molar-refractivity contribution < 1.29 is 9.53 Å². The Hall–Kier alpha value is -3.60. The van der Waals surface area contributed by atoms with Crippen LogP contribution in [0.2, 0.25) is 0 Å². The van der Waals surface area contributed by atoms with E-state index in [1.54, 1.807) is 6.07 Å². The van der Waals surface area contributed by atoms with Crippen LogP contribution in [0.15, 0.2) is 59.4 Å². The summed E-state index contributed by atoms with van der Waals surface area (Å²) in [5.41, 5.74) is 3.00. The van der Waals surface area contributed by atoms with E-state index in [-0.39, 0.29) is 5.43 Å². The highest BCUT2D eigenvalue weighted by molar-refractivity contribution is 6.19. The first-order chi connectivity index (χ1) is 12.7. The van der Waals surface area contributed by atoms with Gasteiger partial charge in [0.15, 0.2) is 5.43 Å². The Morgan fingerprint density at radius 2 is 1.46 bits per heavy atom. The first-order valence-electron chi connectivity index (χ1n) is 8.25. The van der Waals surface area contributed by atoms with Gasteiger partial charge < -0.3 is 14.7 Å². The molecule has 26 heavy (non-hydrogen) atoms. The molecule has 2 aromatic heterocycles. The zero-order chi connectivity index (χ0) is 17.8. The average Bonchev–Trinajstić information content (AvgIpc) is 3.20. The van der Waals surface area contributed by atoms with Crippen LogP contribution in [-0.2, 0) is 4.74 Å². The molecular weight excluding hydrogens is 328 g/mol. The number of H-pyrrole nitrogens is 2. The molecule has 0 saturated carbocycles. The van der Waals surface area contributed by atoms with Crippen molar-refractivity contribution in [2.45, 2.75) is 0 Å². The number of aromatic nitrogens is 2. The number of fused-ring (bicyclic) bond motifs is 6. The van der Waals surface area contributed by atoms with Crippen LogP contribution in [0.5, 0.6) is 0 Å². The van der Waals surface area contributed by atoms with Gasteiger partial charge in [-0.25, -0.2) is 4.79 Å². The molecule has 0 aliphatic carbocycles. The molecule has 0 unspecified atom stereocenters. The molecule has 0 spiro atoms. The lowest BCUT2D eigenvalue weighted by Crippen LogP contribution is -2.02. The normalized spacial score (nSPS) is 11.6. The van der Waals surface area contributed by atoms with E-state index in [2.05, 4.69) is 9.97 Å². The Bertz CT molecular complexity index is 1410. The van der Waals surface area contributed by atoms with Gasteiger partial charge in [-0.05, 0) is 18.2 Å². The third kappa shape index (κ3) is 1.85. The summed E-state index contributed by atoms with van der Waals surface area (Å²) in [6, 6.07) is 16.9. The summed E-state index contributed by atoms with van der Waals surface area (Å²) in [5, 5.41) is 2.71. The van der Waals surface area contributed by atoms with Crippen molar-refractivity contribution in [3.8, 4) is 0 Å². The van der Waals surface area contributed by atoms with Crippen molar-refractivity contribution in [1.82, 2.24) is 9.97 Å². The molecule has 3 aromatic carbocycles. The molecule has 2 N–H and O–H groups in total. The molecule has 0 radical (unpaired) electrons. The maximum Gasteiger partial charge on any atom is 0.340 e. The van der Waals surface area contributed by atoms with Crippen LogP contribution in [-0.4, -0.2) is 23.0 Å². The smallest absolute Gasteiger partial charge is 0.340 e. The highest BCUT2D eigenvalue weighted by Gasteiger charge is 2.19. The number of carbonyl (C=O) groups is 1. The minimum absolute atomic E-state index is 0.111. The predicted octanol–water partition coefficient (Wildman–Crippen LogP) is 4.10. The zero-order valence-electron chi connectivity index (χ0n) is 13.9. The maximum absolute atomic E-state index is 13.5. The Balaban J connectivity index is 2.16. The van der Waals surface area contributed by atoms with Gasteiger partial charge in [-0.1, -0.05) is 36.4 Å². The standard InChI is InChI=1S/C21H14N2O3/c1-26-21(25)13-10-16-17(11-6-2-4-8-14(11)22-16)20(24)18-12-7-3-5-9-15(12)23-19(13)18/h2-10,22-23H,1H3. The highest BCUT2D eigenvalue weighted by Crippen LogP contribution is 2.30. The molecule has 2 heterocycles. The number of para-hydroxylation sites is 2. The minimum Gasteiger partial charge on any atom is -0.465 e. The summed E-state index contributed by atoms with van der Waals surface area (Å²) in [6.45, 7) is 0. The highest BCUT2D eigenvalue weighted by atomic mass is 16.5. The molecule has 0 fully saturated rings. The summed E-state index contributed by atoms with van der Waals surface area (Å²) >= 11 is 0. The Morgan fingerprint density at radius 1 is 0.846 bits per heavy atom.